The minimum atomic E-state index is -0.0508. The number of nitrogens with one attached hydrogen (secondary N) is 1. The summed E-state index contributed by atoms with van der Waals surface area (Å²) in [4.78, 5) is 0. The van der Waals surface area contributed by atoms with Gasteiger partial charge >= 0.3 is 0 Å². The summed E-state index contributed by atoms with van der Waals surface area (Å²) < 4.78 is 12.3. The first-order chi connectivity index (χ1) is 8.29. The van der Waals surface area contributed by atoms with Crippen molar-refractivity contribution in [3.05, 3.63) is 0 Å². The molecule has 2 saturated carbocycles. The van der Waals surface area contributed by atoms with Crippen LogP contribution in [0, 0.1) is 5.41 Å². The molecule has 4 rings (SSSR count). The summed E-state index contributed by atoms with van der Waals surface area (Å²) in [7, 11) is 0. The van der Waals surface area contributed by atoms with Crippen LogP contribution in [0.25, 0.3) is 0 Å². The van der Waals surface area contributed by atoms with E-state index < -0.39 is 0 Å². The molecule has 2 heterocycles. The zero-order valence-corrected chi connectivity index (χ0v) is 10.6. The van der Waals surface area contributed by atoms with Crippen LogP contribution in [-0.4, -0.2) is 31.1 Å². The first-order valence-electron chi connectivity index (χ1n) is 7.31. The topological polar surface area (TPSA) is 30.5 Å². The van der Waals surface area contributed by atoms with Gasteiger partial charge in [0.15, 0.2) is 0 Å². The molecule has 0 aromatic rings. The summed E-state index contributed by atoms with van der Waals surface area (Å²) in [6.07, 6.45) is 10.0. The summed E-state index contributed by atoms with van der Waals surface area (Å²) in [5, 5.41) is 3.75. The minimum Gasteiger partial charge on any atom is -0.381 e. The third kappa shape index (κ3) is 1.45. The van der Waals surface area contributed by atoms with Crippen molar-refractivity contribution >= 4 is 0 Å². The van der Waals surface area contributed by atoms with Crippen molar-refractivity contribution in [1.82, 2.24) is 5.32 Å². The van der Waals surface area contributed by atoms with E-state index in [1.807, 2.05) is 0 Å². The maximum Gasteiger partial charge on any atom is 0.122 e. The van der Waals surface area contributed by atoms with Crippen LogP contribution in [0.5, 0.6) is 0 Å². The maximum absolute atomic E-state index is 6.70. The molecular formula is C14H23NO2. The minimum absolute atomic E-state index is 0.0508. The van der Waals surface area contributed by atoms with E-state index in [9.17, 15) is 0 Å². The fourth-order valence-corrected chi connectivity index (χ4v) is 4.13. The van der Waals surface area contributed by atoms with Crippen LogP contribution in [0.4, 0.5) is 0 Å². The van der Waals surface area contributed by atoms with Gasteiger partial charge in [-0.15, -0.1) is 0 Å². The third-order valence-electron chi connectivity index (χ3n) is 5.64. The summed E-state index contributed by atoms with van der Waals surface area (Å²) in [6, 6.07) is 0. The molecule has 0 aromatic heterocycles. The monoisotopic (exact) mass is 237 g/mol. The number of rotatable bonds is 0. The average Bonchev–Trinajstić information content (AvgIpc) is 3.06. The van der Waals surface area contributed by atoms with E-state index in [-0.39, 0.29) is 11.3 Å². The van der Waals surface area contributed by atoms with Crippen molar-refractivity contribution in [2.75, 3.05) is 19.8 Å². The zero-order valence-electron chi connectivity index (χ0n) is 10.6. The highest BCUT2D eigenvalue weighted by Gasteiger charge is 2.67. The molecule has 17 heavy (non-hydrogen) atoms. The Balaban J connectivity index is 1.58. The van der Waals surface area contributed by atoms with Gasteiger partial charge < -0.3 is 9.47 Å². The van der Waals surface area contributed by atoms with Crippen molar-refractivity contribution in [3.63, 3.8) is 0 Å². The quantitative estimate of drug-likeness (QED) is 0.700. The van der Waals surface area contributed by atoms with Gasteiger partial charge in [-0.25, -0.2) is 0 Å². The van der Waals surface area contributed by atoms with E-state index in [0.717, 1.165) is 32.5 Å². The fraction of sp³-hybridized carbons (Fsp3) is 1.00. The Morgan fingerprint density at radius 3 is 2.41 bits per heavy atom. The molecule has 2 aliphatic carbocycles. The summed E-state index contributed by atoms with van der Waals surface area (Å²) in [5.41, 5.74) is 0.719. The summed E-state index contributed by atoms with van der Waals surface area (Å²) in [6.45, 7) is 2.95. The standard InChI is InChI=1S/C14H23NO2/c1-3-13(4-1)12(6-7-12)11-15-14(17-13)5-2-9-16-10-8-14/h15H,1-11H2. The van der Waals surface area contributed by atoms with E-state index in [0.29, 0.717) is 5.41 Å². The van der Waals surface area contributed by atoms with Gasteiger partial charge in [-0.2, -0.15) is 0 Å². The molecule has 4 aliphatic rings. The van der Waals surface area contributed by atoms with Crippen molar-refractivity contribution in [2.24, 2.45) is 5.41 Å². The predicted molar refractivity (Wildman–Crippen MR) is 64.7 cm³/mol. The lowest BCUT2D eigenvalue weighted by Crippen LogP contribution is -2.67. The fourth-order valence-electron chi connectivity index (χ4n) is 4.13. The summed E-state index contributed by atoms with van der Waals surface area (Å²) in [5.74, 6) is 0. The molecule has 3 heteroatoms. The first kappa shape index (κ1) is 10.8. The van der Waals surface area contributed by atoms with E-state index in [1.165, 1.54) is 38.6 Å². The molecule has 3 spiro atoms. The Bertz CT molecular complexity index is 312. The molecular weight excluding hydrogens is 214 g/mol. The third-order valence-corrected chi connectivity index (χ3v) is 5.64. The van der Waals surface area contributed by atoms with Gasteiger partial charge in [0, 0.05) is 25.0 Å². The molecule has 1 N–H and O–H groups in total. The van der Waals surface area contributed by atoms with Gasteiger partial charge in [0.2, 0.25) is 0 Å². The van der Waals surface area contributed by atoms with E-state index in [4.69, 9.17) is 9.47 Å². The smallest absolute Gasteiger partial charge is 0.122 e. The second-order valence-electron chi connectivity index (χ2n) is 6.54. The second kappa shape index (κ2) is 3.46. The van der Waals surface area contributed by atoms with Crippen molar-refractivity contribution in [3.8, 4) is 0 Å². The first-order valence-corrected chi connectivity index (χ1v) is 7.31. The molecule has 1 atom stereocenters. The second-order valence-corrected chi connectivity index (χ2v) is 6.54. The number of hydrogen-bond donors (Lipinski definition) is 1. The largest absolute Gasteiger partial charge is 0.381 e. The SMILES string of the molecule is C1COCCC2(C1)NCC1(CC1)C1(CCC1)O2. The summed E-state index contributed by atoms with van der Waals surface area (Å²) >= 11 is 0. The molecule has 3 nitrogen and oxygen atoms in total. The van der Waals surface area contributed by atoms with Gasteiger partial charge in [0.05, 0.1) is 12.2 Å². The molecule has 0 radical (unpaired) electrons. The Kier molecular flexibility index (Phi) is 2.19. The Labute approximate surface area is 103 Å². The van der Waals surface area contributed by atoms with Crippen LogP contribution in [0.15, 0.2) is 0 Å². The Morgan fingerprint density at radius 2 is 1.71 bits per heavy atom. The number of hydrogen-bond acceptors (Lipinski definition) is 3. The van der Waals surface area contributed by atoms with Crippen LogP contribution in [0.2, 0.25) is 0 Å². The average molecular weight is 237 g/mol. The lowest BCUT2D eigenvalue weighted by Gasteiger charge is -2.58. The van der Waals surface area contributed by atoms with E-state index in [2.05, 4.69) is 5.32 Å². The molecule has 4 fully saturated rings. The van der Waals surface area contributed by atoms with Gasteiger partial charge in [-0.3, -0.25) is 5.32 Å². The van der Waals surface area contributed by atoms with E-state index in [1.54, 1.807) is 0 Å². The van der Waals surface area contributed by atoms with Crippen LogP contribution >= 0.6 is 0 Å². The molecule has 2 saturated heterocycles. The Hall–Kier alpha value is -0.120. The highest BCUT2D eigenvalue weighted by atomic mass is 16.5. The van der Waals surface area contributed by atoms with Crippen LogP contribution < -0.4 is 5.32 Å². The predicted octanol–water partition coefficient (Wildman–Crippen LogP) is 2.21. The van der Waals surface area contributed by atoms with Crippen LogP contribution in [-0.2, 0) is 9.47 Å². The van der Waals surface area contributed by atoms with Gasteiger partial charge in [0.25, 0.3) is 0 Å². The molecule has 1 unspecified atom stereocenters. The molecule has 2 aliphatic heterocycles. The van der Waals surface area contributed by atoms with Gasteiger partial charge in [-0.05, 0) is 44.9 Å². The molecule has 0 aromatic carbocycles. The van der Waals surface area contributed by atoms with Crippen molar-refractivity contribution < 1.29 is 9.47 Å². The maximum atomic E-state index is 6.70. The normalized spacial score (nSPS) is 42.4. The lowest BCUT2D eigenvalue weighted by atomic mass is 9.67. The highest BCUT2D eigenvalue weighted by Crippen LogP contribution is 2.65. The lowest BCUT2D eigenvalue weighted by molar-refractivity contribution is -0.269. The van der Waals surface area contributed by atoms with Gasteiger partial charge in [0.1, 0.15) is 5.72 Å². The van der Waals surface area contributed by atoms with Crippen LogP contribution in [0.3, 0.4) is 0 Å². The molecule has 0 bridgehead atoms. The Morgan fingerprint density at radius 1 is 0.824 bits per heavy atom. The van der Waals surface area contributed by atoms with Crippen molar-refractivity contribution in [1.29, 1.82) is 0 Å². The van der Waals surface area contributed by atoms with E-state index >= 15 is 0 Å². The molecule has 96 valence electrons. The number of ether oxygens (including phenoxy) is 2. The van der Waals surface area contributed by atoms with Crippen molar-refractivity contribution in [2.45, 2.75) is 62.7 Å². The number of fused-ring (bicyclic) bond motifs is 1. The highest BCUT2D eigenvalue weighted by molar-refractivity contribution is 5.17. The van der Waals surface area contributed by atoms with Gasteiger partial charge in [-0.1, -0.05) is 0 Å². The zero-order chi connectivity index (χ0) is 11.4. The van der Waals surface area contributed by atoms with Crippen LogP contribution in [0.1, 0.15) is 51.4 Å². The molecule has 0 amide bonds.